The number of hydrogen-bond donors (Lipinski definition) is 1. The fourth-order valence-electron chi connectivity index (χ4n) is 3.59. The Balaban J connectivity index is 1.55. The van der Waals surface area contributed by atoms with Gasteiger partial charge in [-0.15, -0.1) is 10.2 Å². The molecule has 0 radical (unpaired) electrons. The molecule has 0 aliphatic carbocycles. The Morgan fingerprint density at radius 2 is 2.06 bits per heavy atom. The minimum Gasteiger partial charge on any atom is -0.493 e. The number of carbonyl (C=O) groups is 1. The number of rotatable bonds is 1. The Labute approximate surface area is 178 Å². The molecule has 0 spiro atoms. The molecule has 4 heterocycles. The zero-order valence-electron chi connectivity index (χ0n) is 17.0. The molecule has 5 rings (SSSR count). The predicted molar refractivity (Wildman–Crippen MR) is 114 cm³/mol. The Morgan fingerprint density at radius 3 is 2.94 bits per heavy atom. The van der Waals surface area contributed by atoms with Crippen LogP contribution in [-0.2, 0) is 6.54 Å². The third-order valence-corrected chi connectivity index (χ3v) is 5.17. The van der Waals surface area contributed by atoms with Crippen LogP contribution in [0.5, 0.6) is 5.75 Å². The second kappa shape index (κ2) is 8.02. The SMILES string of the molecule is Cc1ccnn1-c1ccc2c(c1)C(=O)Nc1cccc(n1)-c1nncn1CCCCO2. The van der Waals surface area contributed by atoms with Gasteiger partial charge in [0, 0.05) is 18.4 Å². The summed E-state index contributed by atoms with van der Waals surface area (Å²) >= 11 is 0. The van der Waals surface area contributed by atoms with Gasteiger partial charge in [-0.05, 0) is 56.2 Å². The van der Waals surface area contributed by atoms with Crippen LogP contribution in [0.4, 0.5) is 5.82 Å². The first-order chi connectivity index (χ1) is 15.2. The first kappa shape index (κ1) is 19.0. The summed E-state index contributed by atoms with van der Waals surface area (Å²) in [4.78, 5) is 17.8. The Kier molecular flexibility index (Phi) is 4.91. The van der Waals surface area contributed by atoms with Crippen LogP contribution in [0.1, 0.15) is 28.9 Å². The van der Waals surface area contributed by atoms with E-state index in [4.69, 9.17) is 4.74 Å². The molecule has 1 aliphatic rings. The summed E-state index contributed by atoms with van der Waals surface area (Å²) in [6.45, 7) is 3.22. The number of pyridine rings is 1. The van der Waals surface area contributed by atoms with Crippen LogP contribution in [0.3, 0.4) is 0 Å². The largest absolute Gasteiger partial charge is 0.493 e. The first-order valence-electron chi connectivity index (χ1n) is 10.1. The molecule has 3 aromatic heterocycles. The summed E-state index contributed by atoms with van der Waals surface area (Å²) in [5, 5.41) is 15.4. The van der Waals surface area contributed by atoms with E-state index in [-0.39, 0.29) is 5.91 Å². The van der Waals surface area contributed by atoms with E-state index in [0.29, 0.717) is 35.3 Å². The van der Waals surface area contributed by atoms with Gasteiger partial charge in [0.2, 0.25) is 0 Å². The summed E-state index contributed by atoms with van der Waals surface area (Å²) in [5.41, 5.74) is 2.85. The number of amides is 1. The molecule has 1 amide bonds. The molecular weight excluding hydrogens is 394 g/mol. The minimum atomic E-state index is -0.301. The molecular formula is C22H21N7O2. The van der Waals surface area contributed by atoms with E-state index >= 15 is 0 Å². The number of nitrogens with one attached hydrogen (secondary N) is 1. The molecule has 31 heavy (non-hydrogen) atoms. The maximum Gasteiger partial charge on any atom is 0.260 e. The number of fused-ring (bicyclic) bond motifs is 5. The van der Waals surface area contributed by atoms with Crippen molar-refractivity contribution in [2.24, 2.45) is 0 Å². The summed E-state index contributed by atoms with van der Waals surface area (Å²) in [6, 6.07) is 12.9. The van der Waals surface area contributed by atoms with Crippen molar-refractivity contribution in [3.63, 3.8) is 0 Å². The lowest BCUT2D eigenvalue weighted by atomic mass is 10.1. The van der Waals surface area contributed by atoms with Crippen molar-refractivity contribution in [3.8, 4) is 23.0 Å². The minimum absolute atomic E-state index is 0.301. The molecule has 2 bridgehead atoms. The van der Waals surface area contributed by atoms with Gasteiger partial charge >= 0.3 is 0 Å². The molecule has 4 aromatic rings. The number of aromatic nitrogens is 6. The van der Waals surface area contributed by atoms with Gasteiger partial charge in [-0.25, -0.2) is 9.67 Å². The number of ether oxygens (including phenoxy) is 1. The van der Waals surface area contributed by atoms with Gasteiger partial charge in [0.1, 0.15) is 23.6 Å². The second-order valence-corrected chi connectivity index (χ2v) is 7.33. The monoisotopic (exact) mass is 415 g/mol. The Morgan fingerprint density at radius 1 is 1.13 bits per heavy atom. The van der Waals surface area contributed by atoms with Crippen molar-refractivity contribution >= 4 is 11.7 Å². The summed E-state index contributed by atoms with van der Waals surface area (Å²) in [5.74, 6) is 1.33. The van der Waals surface area contributed by atoms with Gasteiger partial charge in [-0.3, -0.25) is 4.79 Å². The van der Waals surface area contributed by atoms with Gasteiger partial charge < -0.3 is 14.6 Å². The maximum atomic E-state index is 13.2. The van der Waals surface area contributed by atoms with Crippen LogP contribution in [0.25, 0.3) is 17.2 Å². The van der Waals surface area contributed by atoms with Gasteiger partial charge in [-0.2, -0.15) is 5.10 Å². The Hall–Kier alpha value is -4.01. The lowest BCUT2D eigenvalue weighted by molar-refractivity contribution is 0.102. The van der Waals surface area contributed by atoms with Gasteiger partial charge in [0.15, 0.2) is 5.82 Å². The topological polar surface area (TPSA) is 99.8 Å². The standard InChI is InChI=1S/C22H21N7O2/c1-15-9-10-24-29(15)16-7-8-19-17(13-16)22(30)26-20-6-4-5-18(25-20)21-27-23-14-28(21)11-2-3-12-31-19/h4-10,13-14H,2-3,11-12H2,1H3,(H,25,26,30). The van der Waals surface area contributed by atoms with Crippen LogP contribution >= 0.6 is 0 Å². The number of hydrogen-bond acceptors (Lipinski definition) is 6. The molecule has 1 aliphatic heterocycles. The van der Waals surface area contributed by atoms with E-state index in [0.717, 1.165) is 30.8 Å². The number of carbonyl (C=O) groups excluding carboxylic acids is 1. The molecule has 9 nitrogen and oxygen atoms in total. The molecule has 0 unspecified atom stereocenters. The molecule has 0 fully saturated rings. The van der Waals surface area contributed by atoms with E-state index in [1.165, 1.54) is 0 Å². The van der Waals surface area contributed by atoms with Crippen molar-refractivity contribution < 1.29 is 9.53 Å². The van der Waals surface area contributed by atoms with Gasteiger partial charge in [-0.1, -0.05) is 6.07 Å². The fraction of sp³-hybridized carbons (Fsp3) is 0.227. The lowest BCUT2D eigenvalue weighted by Gasteiger charge is -2.15. The van der Waals surface area contributed by atoms with Crippen molar-refractivity contribution in [2.75, 3.05) is 11.9 Å². The first-order valence-corrected chi connectivity index (χ1v) is 10.1. The highest BCUT2D eigenvalue weighted by Gasteiger charge is 2.18. The van der Waals surface area contributed by atoms with Crippen molar-refractivity contribution in [1.29, 1.82) is 0 Å². The Bertz CT molecular complexity index is 1240. The lowest BCUT2D eigenvalue weighted by Crippen LogP contribution is -2.16. The molecule has 1 aromatic carbocycles. The highest BCUT2D eigenvalue weighted by molar-refractivity contribution is 6.06. The molecule has 0 saturated heterocycles. The highest BCUT2D eigenvalue weighted by Crippen LogP contribution is 2.25. The van der Waals surface area contributed by atoms with Crippen molar-refractivity contribution in [1.82, 2.24) is 29.5 Å². The number of nitrogens with zero attached hydrogens (tertiary/aromatic N) is 6. The van der Waals surface area contributed by atoms with Crippen molar-refractivity contribution in [3.05, 3.63) is 66.2 Å². The fourth-order valence-corrected chi connectivity index (χ4v) is 3.59. The zero-order valence-corrected chi connectivity index (χ0v) is 17.0. The van der Waals surface area contributed by atoms with E-state index < -0.39 is 0 Å². The van der Waals surface area contributed by atoms with Crippen molar-refractivity contribution in [2.45, 2.75) is 26.3 Å². The van der Waals surface area contributed by atoms with Gasteiger partial charge in [0.05, 0.1) is 17.9 Å². The average Bonchev–Trinajstić information content (AvgIpc) is 3.42. The molecule has 0 saturated carbocycles. The van der Waals surface area contributed by atoms with Crippen LogP contribution in [0, 0.1) is 6.92 Å². The molecule has 0 atom stereocenters. The van der Waals surface area contributed by atoms with E-state index in [9.17, 15) is 4.79 Å². The highest BCUT2D eigenvalue weighted by atomic mass is 16.5. The maximum absolute atomic E-state index is 13.2. The molecule has 156 valence electrons. The number of benzene rings is 1. The normalized spacial score (nSPS) is 14.0. The average molecular weight is 415 g/mol. The molecule has 9 heteroatoms. The van der Waals surface area contributed by atoms with Gasteiger partial charge in [0.25, 0.3) is 5.91 Å². The van der Waals surface area contributed by atoms with Crippen LogP contribution in [0.2, 0.25) is 0 Å². The second-order valence-electron chi connectivity index (χ2n) is 7.33. The third kappa shape index (κ3) is 3.77. The molecule has 1 N–H and O–H groups in total. The summed E-state index contributed by atoms with van der Waals surface area (Å²) in [7, 11) is 0. The summed E-state index contributed by atoms with van der Waals surface area (Å²) in [6.07, 6.45) is 5.14. The van der Waals surface area contributed by atoms with Crippen LogP contribution < -0.4 is 10.1 Å². The van der Waals surface area contributed by atoms with Crippen LogP contribution in [-0.4, -0.2) is 42.0 Å². The van der Waals surface area contributed by atoms with E-state index in [1.807, 2.05) is 41.8 Å². The number of aryl methyl sites for hydroxylation is 2. The predicted octanol–water partition coefficient (Wildman–Crippen LogP) is 3.26. The smallest absolute Gasteiger partial charge is 0.260 e. The zero-order chi connectivity index (χ0) is 21.2. The number of anilines is 1. The van der Waals surface area contributed by atoms with E-state index in [1.54, 1.807) is 29.3 Å². The summed E-state index contributed by atoms with van der Waals surface area (Å²) < 4.78 is 9.73. The quantitative estimate of drug-likeness (QED) is 0.512. The van der Waals surface area contributed by atoms with E-state index in [2.05, 4.69) is 25.6 Å². The third-order valence-electron chi connectivity index (χ3n) is 5.17. The van der Waals surface area contributed by atoms with Crippen LogP contribution in [0.15, 0.2) is 55.0 Å².